The standard InChI is InChI=1S/C26H32N3OS/c1-4-29-24-7-5-6-8-25(24)30-26(29)31-20-19-28-17-15-22(16-18-28)10-9-21-11-13-23(14-12-21)27(2)3/h5,7,9-18,26H,4,6,8,19-20H2,1-3H3/q+1. The highest BCUT2D eigenvalue weighted by Crippen LogP contribution is 2.37. The molecule has 4 rings (SSSR count). The van der Waals surface area contributed by atoms with Crippen molar-refractivity contribution in [3.05, 3.63) is 83.5 Å². The molecule has 0 amide bonds. The highest BCUT2D eigenvalue weighted by atomic mass is 32.2. The fourth-order valence-corrected chi connectivity index (χ4v) is 4.96. The van der Waals surface area contributed by atoms with Crippen LogP contribution in [0, 0.1) is 0 Å². The van der Waals surface area contributed by atoms with Gasteiger partial charge < -0.3 is 14.5 Å². The first kappa shape index (κ1) is 21.6. The van der Waals surface area contributed by atoms with Gasteiger partial charge in [-0.25, -0.2) is 4.57 Å². The number of hydrogen-bond acceptors (Lipinski definition) is 4. The van der Waals surface area contributed by atoms with Crippen LogP contribution in [0.25, 0.3) is 12.2 Å². The van der Waals surface area contributed by atoms with Crippen LogP contribution in [-0.4, -0.2) is 36.9 Å². The number of anilines is 1. The Morgan fingerprint density at radius 1 is 1.10 bits per heavy atom. The summed E-state index contributed by atoms with van der Waals surface area (Å²) < 4.78 is 8.46. The molecule has 1 atom stereocenters. The molecule has 2 aliphatic rings. The molecule has 0 saturated heterocycles. The monoisotopic (exact) mass is 434 g/mol. The fraction of sp³-hybridized carbons (Fsp3) is 0.346. The van der Waals surface area contributed by atoms with Crippen LogP contribution in [0.2, 0.25) is 0 Å². The Kier molecular flexibility index (Phi) is 7.03. The van der Waals surface area contributed by atoms with E-state index in [1.165, 1.54) is 28.3 Å². The van der Waals surface area contributed by atoms with E-state index in [0.29, 0.717) is 0 Å². The molecule has 162 valence electrons. The first-order valence-electron chi connectivity index (χ1n) is 11.0. The number of thioether (sulfide) groups is 1. The van der Waals surface area contributed by atoms with Gasteiger partial charge in [0.15, 0.2) is 18.9 Å². The Bertz CT molecular complexity index is 961. The Morgan fingerprint density at radius 2 is 1.81 bits per heavy atom. The van der Waals surface area contributed by atoms with Crippen molar-refractivity contribution in [2.24, 2.45) is 0 Å². The number of hydrogen-bond donors (Lipinski definition) is 0. The van der Waals surface area contributed by atoms with Gasteiger partial charge in [0.25, 0.3) is 0 Å². The summed E-state index contributed by atoms with van der Waals surface area (Å²) in [6, 6.07) is 12.9. The zero-order chi connectivity index (χ0) is 21.6. The molecule has 0 fully saturated rings. The van der Waals surface area contributed by atoms with Crippen LogP contribution >= 0.6 is 11.8 Å². The molecule has 5 heteroatoms. The first-order valence-corrected chi connectivity index (χ1v) is 12.1. The molecule has 1 aromatic heterocycles. The van der Waals surface area contributed by atoms with E-state index in [4.69, 9.17) is 4.74 Å². The minimum absolute atomic E-state index is 0.111. The number of aryl methyl sites for hydroxylation is 1. The van der Waals surface area contributed by atoms with Crippen molar-refractivity contribution in [1.29, 1.82) is 0 Å². The van der Waals surface area contributed by atoms with Crippen LogP contribution in [0.4, 0.5) is 5.69 Å². The van der Waals surface area contributed by atoms with Crippen LogP contribution in [0.5, 0.6) is 0 Å². The molecule has 2 heterocycles. The Balaban J connectivity index is 1.27. The van der Waals surface area contributed by atoms with Crippen molar-refractivity contribution in [1.82, 2.24) is 4.90 Å². The normalized spacial score (nSPS) is 17.9. The third-order valence-corrected chi connectivity index (χ3v) is 6.71. The van der Waals surface area contributed by atoms with Gasteiger partial charge in [0.1, 0.15) is 5.76 Å². The largest absolute Gasteiger partial charge is 0.463 e. The lowest BCUT2D eigenvalue weighted by Crippen LogP contribution is -2.35. The minimum Gasteiger partial charge on any atom is -0.463 e. The number of nitrogens with zero attached hydrogens (tertiary/aromatic N) is 3. The smallest absolute Gasteiger partial charge is 0.221 e. The SMILES string of the molecule is CCN1C2=C(CCC=C2)OC1SCC[n+]1ccc(/C=C/c2ccc(N(C)C)cc2)cc1. The Morgan fingerprint density at radius 3 is 2.48 bits per heavy atom. The number of ether oxygens (including phenoxy) is 1. The maximum atomic E-state index is 6.22. The summed E-state index contributed by atoms with van der Waals surface area (Å²) in [6.07, 6.45) is 15.2. The molecule has 0 spiro atoms. The van der Waals surface area contributed by atoms with E-state index in [1.807, 2.05) is 11.8 Å². The van der Waals surface area contributed by atoms with Crippen LogP contribution in [0.1, 0.15) is 30.9 Å². The number of pyridine rings is 1. The lowest BCUT2D eigenvalue weighted by atomic mass is 10.1. The molecule has 1 aliphatic carbocycles. The van der Waals surface area contributed by atoms with Crippen LogP contribution in [0.15, 0.2) is 72.4 Å². The minimum atomic E-state index is 0.111. The Labute approximate surface area is 190 Å². The quantitative estimate of drug-likeness (QED) is 0.536. The van der Waals surface area contributed by atoms with Crippen LogP contribution < -0.4 is 9.47 Å². The molecular weight excluding hydrogens is 402 g/mol. The summed E-state index contributed by atoms with van der Waals surface area (Å²) >= 11 is 1.88. The van der Waals surface area contributed by atoms with Gasteiger partial charge in [-0.15, -0.1) is 0 Å². The summed E-state index contributed by atoms with van der Waals surface area (Å²) in [6.45, 7) is 4.15. The van der Waals surface area contributed by atoms with Gasteiger partial charge in [-0.05, 0) is 42.7 Å². The summed E-state index contributed by atoms with van der Waals surface area (Å²) in [5, 5.41) is 0. The molecule has 1 unspecified atom stereocenters. The van der Waals surface area contributed by atoms with Gasteiger partial charge in [-0.3, -0.25) is 0 Å². The van der Waals surface area contributed by atoms with Crippen molar-refractivity contribution in [2.75, 3.05) is 31.3 Å². The summed E-state index contributed by atoms with van der Waals surface area (Å²) in [5.41, 5.74) is 5.03. The van der Waals surface area contributed by atoms with Gasteiger partial charge in [-0.1, -0.05) is 42.1 Å². The zero-order valence-electron chi connectivity index (χ0n) is 18.7. The van der Waals surface area contributed by atoms with Crippen LogP contribution in [0.3, 0.4) is 0 Å². The lowest BCUT2D eigenvalue weighted by molar-refractivity contribution is -0.692. The molecule has 0 radical (unpaired) electrons. The molecule has 2 aromatic rings. The summed E-state index contributed by atoms with van der Waals surface area (Å²) in [4.78, 5) is 4.49. The molecule has 0 bridgehead atoms. The first-order chi connectivity index (χ1) is 15.1. The van der Waals surface area contributed by atoms with Crippen molar-refractivity contribution < 1.29 is 9.30 Å². The molecule has 31 heavy (non-hydrogen) atoms. The van der Waals surface area contributed by atoms with Crippen molar-refractivity contribution in [3.8, 4) is 0 Å². The third kappa shape index (κ3) is 5.34. The molecule has 1 aromatic carbocycles. The van der Waals surface area contributed by atoms with E-state index in [2.05, 4.69) is 108 Å². The molecule has 4 nitrogen and oxygen atoms in total. The summed E-state index contributed by atoms with van der Waals surface area (Å²) in [5.74, 6) is 2.19. The van der Waals surface area contributed by atoms with E-state index in [0.717, 1.165) is 31.7 Å². The van der Waals surface area contributed by atoms with E-state index in [-0.39, 0.29) is 5.56 Å². The second-order valence-electron chi connectivity index (χ2n) is 8.02. The van der Waals surface area contributed by atoms with Gasteiger partial charge >= 0.3 is 0 Å². The molecule has 1 aliphatic heterocycles. The average molecular weight is 435 g/mol. The average Bonchev–Trinajstić information content (AvgIpc) is 3.16. The molecular formula is C26H32N3OS+. The van der Waals surface area contributed by atoms with E-state index in [1.54, 1.807) is 0 Å². The number of benzene rings is 1. The summed E-state index contributed by atoms with van der Waals surface area (Å²) in [7, 11) is 4.12. The van der Waals surface area contributed by atoms with Crippen molar-refractivity contribution in [3.63, 3.8) is 0 Å². The number of aromatic nitrogens is 1. The Hall–Kier alpha value is -2.66. The number of allylic oxidation sites excluding steroid dienone is 3. The lowest BCUT2D eigenvalue weighted by Gasteiger charge is -2.24. The van der Waals surface area contributed by atoms with Crippen molar-refractivity contribution in [2.45, 2.75) is 31.9 Å². The van der Waals surface area contributed by atoms with Gasteiger partial charge in [0, 0.05) is 44.9 Å². The second-order valence-corrected chi connectivity index (χ2v) is 9.16. The molecule has 0 saturated carbocycles. The van der Waals surface area contributed by atoms with Crippen LogP contribution in [-0.2, 0) is 11.3 Å². The topological polar surface area (TPSA) is 19.6 Å². The van der Waals surface area contributed by atoms with Crippen molar-refractivity contribution >= 4 is 29.6 Å². The highest BCUT2D eigenvalue weighted by Gasteiger charge is 2.32. The fourth-order valence-electron chi connectivity index (χ4n) is 3.81. The predicted molar refractivity (Wildman–Crippen MR) is 131 cm³/mol. The van der Waals surface area contributed by atoms with Gasteiger partial charge in [0.05, 0.1) is 11.4 Å². The zero-order valence-corrected chi connectivity index (χ0v) is 19.5. The predicted octanol–water partition coefficient (Wildman–Crippen LogP) is 5.14. The van der Waals surface area contributed by atoms with E-state index in [9.17, 15) is 0 Å². The number of likely N-dealkylation sites (N-methyl/N-ethyl adjacent to an activating group) is 1. The molecule has 0 N–H and O–H groups in total. The number of rotatable bonds is 8. The highest BCUT2D eigenvalue weighted by molar-refractivity contribution is 7.99. The third-order valence-electron chi connectivity index (χ3n) is 5.65. The second kappa shape index (κ2) is 10.1. The van der Waals surface area contributed by atoms with E-state index < -0.39 is 0 Å². The van der Waals surface area contributed by atoms with Gasteiger partial charge in [-0.2, -0.15) is 0 Å². The van der Waals surface area contributed by atoms with E-state index >= 15 is 0 Å². The maximum absolute atomic E-state index is 6.22. The van der Waals surface area contributed by atoms with Gasteiger partial charge in [0.2, 0.25) is 5.56 Å². The maximum Gasteiger partial charge on any atom is 0.221 e.